The van der Waals surface area contributed by atoms with E-state index in [0.29, 0.717) is 0 Å². The summed E-state index contributed by atoms with van der Waals surface area (Å²) in [5.74, 6) is 0. The molecule has 0 atom stereocenters. The summed E-state index contributed by atoms with van der Waals surface area (Å²) >= 11 is 0. The molecule has 1 aliphatic heterocycles. The molecule has 0 aromatic heterocycles. The van der Waals surface area contributed by atoms with Gasteiger partial charge in [0.1, 0.15) is 0 Å². The predicted octanol–water partition coefficient (Wildman–Crippen LogP) is -0.136. The van der Waals surface area contributed by atoms with Gasteiger partial charge in [-0.15, -0.1) is 0 Å². The van der Waals surface area contributed by atoms with Gasteiger partial charge in [-0.3, -0.25) is 0 Å². The van der Waals surface area contributed by atoms with E-state index in [2.05, 4.69) is 10.9 Å². The van der Waals surface area contributed by atoms with Gasteiger partial charge in [-0.25, -0.2) is 10.9 Å². The minimum Gasteiger partial charge on any atom is -0.385 e. The first-order valence-corrected chi connectivity index (χ1v) is 3.85. The molecule has 1 heterocycles. The van der Waals surface area contributed by atoms with E-state index in [9.17, 15) is 0 Å². The molecule has 0 bridgehead atoms. The maximum absolute atomic E-state index is 4.98. The van der Waals surface area contributed by atoms with E-state index in [4.69, 9.17) is 9.47 Å². The highest BCUT2D eigenvalue weighted by Gasteiger charge is 2.40. The summed E-state index contributed by atoms with van der Waals surface area (Å²) in [7, 11) is 3.43. The van der Waals surface area contributed by atoms with Crippen LogP contribution in [0.25, 0.3) is 0 Å². The van der Waals surface area contributed by atoms with Gasteiger partial charge in [-0.05, 0) is 0 Å². The van der Waals surface area contributed by atoms with Crippen molar-refractivity contribution in [3.05, 3.63) is 0 Å². The van der Waals surface area contributed by atoms with Crippen LogP contribution in [0, 0.1) is 0 Å². The van der Waals surface area contributed by atoms with E-state index in [0.717, 1.165) is 26.1 Å². The first-order chi connectivity index (χ1) is 5.33. The zero-order valence-electron chi connectivity index (χ0n) is 7.14. The van der Waals surface area contributed by atoms with Crippen LogP contribution in [0.3, 0.4) is 0 Å². The second-order valence-corrected chi connectivity index (χ2v) is 2.82. The molecule has 1 saturated heterocycles. The van der Waals surface area contributed by atoms with E-state index in [1.165, 1.54) is 0 Å². The normalized spacial score (nSPS) is 20.2. The maximum atomic E-state index is 4.98. The monoisotopic (exact) mass is 160 g/mol. The molecular formula is C7H16N2O2. The maximum Gasteiger partial charge on any atom is 0.0987 e. The van der Waals surface area contributed by atoms with Gasteiger partial charge in [-0.1, -0.05) is 0 Å². The lowest BCUT2D eigenvalue weighted by molar-refractivity contribution is 0.155. The van der Waals surface area contributed by atoms with E-state index < -0.39 is 0 Å². The number of hydrazine groups is 1. The zero-order valence-corrected chi connectivity index (χ0v) is 7.14. The van der Waals surface area contributed by atoms with E-state index in [1.807, 2.05) is 0 Å². The molecule has 0 aromatic carbocycles. The molecule has 11 heavy (non-hydrogen) atoms. The van der Waals surface area contributed by atoms with E-state index >= 15 is 0 Å². The van der Waals surface area contributed by atoms with Gasteiger partial charge >= 0.3 is 0 Å². The number of rotatable bonds is 6. The average Bonchev–Trinajstić information content (AvgIpc) is 2.79. The number of methoxy groups -OCH3 is 2. The summed E-state index contributed by atoms with van der Waals surface area (Å²) in [5, 5.41) is 0. The standard InChI is InChI=1S/C7H16N2O2/c1-10-5-3-7(8-9-7)4-6-11-2/h8-9H,3-6H2,1-2H3. The molecule has 0 spiro atoms. The van der Waals surface area contributed by atoms with Gasteiger partial charge in [-0.2, -0.15) is 0 Å². The molecule has 0 saturated carbocycles. The van der Waals surface area contributed by atoms with Gasteiger partial charge in [0.05, 0.1) is 5.66 Å². The van der Waals surface area contributed by atoms with Crippen molar-refractivity contribution in [2.75, 3.05) is 27.4 Å². The fourth-order valence-corrected chi connectivity index (χ4v) is 1.02. The van der Waals surface area contributed by atoms with Gasteiger partial charge < -0.3 is 9.47 Å². The Bertz CT molecular complexity index is 105. The lowest BCUT2D eigenvalue weighted by Crippen LogP contribution is -2.21. The molecule has 0 amide bonds. The highest BCUT2D eigenvalue weighted by Crippen LogP contribution is 2.19. The Morgan fingerprint density at radius 2 is 1.45 bits per heavy atom. The van der Waals surface area contributed by atoms with Crippen LogP contribution in [0.5, 0.6) is 0 Å². The fraction of sp³-hybridized carbons (Fsp3) is 1.00. The van der Waals surface area contributed by atoms with Crippen molar-refractivity contribution >= 4 is 0 Å². The Labute approximate surface area is 67.2 Å². The lowest BCUT2D eigenvalue weighted by Gasteiger charge is -2.09. The topological polar surface area (TPSA) is 62.3 Å². The smallest absolute Gasteiger partial charge is 0.0987 e. The molecule has 4 heteroatoms. The van der Waals surface area contributed by atoms with Crippen molar-refractivity contribution in [2.24, 2.45) is 0 Å². The molecule has 0 radical (unpaired) electrons. The first kappa shape index (κ1) is 8.93. The van der Waals surface area contributed by atoms with Crippen LogP contribution in [0.2, 0.25) is 0 Å². The number of hydrogen-bond acceptors (Lipinski definition) is 4. The van der Waals surface area contributed by atoms with Crippen molar-refractivity contribution in [3.63, 3.8) is 0 Å². The third-order valence-corrected chi connectivity index (χ3v) is 1.94. The van der Waals surface area contributed by atoms with Gasteiger partial charge in [0.2, 0.25) is 0 Å². The van der Waals surface area contributed by atoms with Gasteiger partial charge in [0.25, 0.3) is 0 Å². The van der Waals surface area contributed by atoms with Crippen LogP contribution >= 0.6 is 0 Å². The van der Waals surface area contributed by atoms with Crippen LogP contribution in [-0.4, -0.2) is 33.1 Å². The van der Waals surface area contributed by atoms with Crippen molar-refractivity contribution in [1.29, 1.82) is 0 Å². The molecule has 0 aromatic rings. The molecule has 1 aliphatic rings. The first-order valence-electron chi connectivity index (χ1n) is 3.85. The third kappa shape index (κ3) is 2.75. The molecule has 1 rings (SSSR count). The second-order valence-electron chi connectivity index (χ2n) is 2.82. The SMILES string of the molecule is COCCC1(CCOC)NN1. The number of nitrogens with one attached hydrogen (secondary N) is 2. The molecular weight excluding hydrogens is 144 g/mol. The summed E-state index contributed by atoms with van der Waals surface area (Å²) in [4.78, 5) is 0. The number of hydrogen-bond donors (Lipinski definition) is 2. The summed E-state index contributed by atoms with van der Waals surface area (Å²) in [6, 6.07) is 0. The quantitative estimate of drug-likeness (QED) is 0.531. The van der Waals surface area contributed by atoms with E-state index in [-0.39, 0.29) is 5.66 Å². The predicted molar refractivity (Wildman–Crippen MR) is 42.0 cm³/mol. The van der Waals surface area contributed by atoms with Crippen molar-refractivity contribution in [3.8, 4) is 0 Å². The number of ether oxygens (including phenoxy) is 2. The molecule has 4 nitrogen and oxygen atoms in total. The Morgan fingerprint density at radius 3 is 1.73 bits per heavy atom. The second kappa shape index (κ2) is 4.01. The van der Waals surface area contributed by atoms with Crippen molar-refractivity contribution in [1.82, 2.24) is 10.9 Å². The zero-order chi connectivity index (χ0) is 8.16. The van der Waals surface area contributed by atoms with Crippen molar-refractivity contribution < 1.29 is 9.47 Å². The minimum absolute atomic E-state index is 0.103. The molecule has 0 unspecified atom stereocenters. The molecule has 66 valence electrons. The van der Waals surface area contributed by atoms with Gasteiger partial charge in [0.15, 0.2) is 0 Å². The molecule has 1 fully saturated rings. The van der Waals surface area contributed by atoms with Crippen molar-refractivity contribution in [2.45, 2.75) is 18.5 Å². The Morgan fingerprint density at radius 1 is 1.00 bits per heavy atom. The van der Waals surface area contributed by atoms with Crippen LogP contribution in [-0.2, 0) is 9.47 Å². The summed E-state index contributed by atoms with van der Waals surface area (Å²) in [5.41, 5.74) is 6.32. The van der Waals surface area contributed by atoms with Crippen LogP contribution in [0.4, 0.5) is 0 Å². The summed E-state index contributed by atoms with van der Waals surface area (Å²) in [6.45, 7) is 1.56. The average molecular weight is 160 g/mol. The van der Waals surface area contributed by atoms with Crippen LogP contribution < -0.4 is 10.9 Å². The molecule has 2 N–H and O–H groups in total. The Balaban J connectivity index is 2.08. The van der Waals surface area contributed by atoms with Crippen LogP contribution in [0.1, 0.15) is 12.8 Å². The largest absolute Gasteiger partial charge is 0.385 e. The fourth-order valence-electron chi connectivity index (χ4n) is 1.02. The Kier molecular flexibility index (Phi) is 3.26. The summed E-state index contributed by atoms with van der Waals surface area (Å²) in [6.07, 6.45) is 1.99. The lowest BCUT2D eigenvalue weighted by atomic mass is 10.1. The van der Waals surface area contributed by atoms with Crippen LogP contribution in [0.15, 0.2) is 0 Å². The summed E-state index contributed by atoms with van der Waals surface area (Å²) < 4.78 is 9.95. The van der Waals surface area contributed by atoms with E-state index in [1.54, 1.807) is 14.2 Å². The molecule has 0 aliphatic carbocycles. The Hall–Kier alpha value is -0.160. The highest BCUT2D eigenvalue weighted by atomic mass is 16.5. The minimum atomic E-state index is 0.103. The third-order valence-electron chi connectivity index (χ3n) is 1.94. The highest BCUT2D eigenvalue weighted by molar-refractivity contribution is 4.93. The van der Waals surface area contributed by atoms with Gasteiger partial charge in [0, 0.05) is 40.3 Å².